The second-order valence-electron chi connectivity index (χ2n) is 6.63. The van der Waals surface area contributed by atoms with E-state index in [0.717, 1.165) is 4.31 Å². The van der Waals surface area contributed by atoms with E-state index in [0.29, 0.717) is 31.4 Å². The van der Waals surface area contributed by atoms with Crippen LogP contribution in [0.15, 0.2) is 29.2 Å². The standard InChI is InChI=1S/C17H26N2O6S2/c1-4-11-26(21,22)19-10-6-9-16(19)17(20)25-13-14-7-5-8-15(12-14)27(23,24)18(2)3/h5,7-8,12,16H,4,6,9-11,13H2,1-3H3. The monoisotopic (exact) mass is 418 g/mol. The lowest BCUT2D eigenvalue weighted by atomic mass is 10.2. The Bertz CT molecular complexity index is 880. The van der Waals surface area contributed by atoms with E-state index in [9.17, 15) is 21.6 Å². The average molecular weight is 419 g/mol. The molecule has 1 fully saturated rings. The average Bonchev–Trinajstić information content (AvgIpc) is 3.10. The number of esters is 1. The molecule has 0 saturated carbocycles. The summed E-state index contributed by atoms with van der Waals surface area (Å²) in [5, 5.41) is 0. The van der Waals surface area contributed by atoms with Gasteiger partial charge in [-0.1, -0.05) is 19.1 Å². The molecular formula is C17H26N2O6S2. The zero-order valence-corrected chi connectivity index (χ0v) is 17.4. The molecular weight excluding hydrogens is 392 g/mol. The number of carbonyl (C=O) groups is 1. The minimum Gasteiger partial charge on any atom is -0.460 e. The fourth-order valence-corrected chi connectivity index (χ4v) is 5.65. The molecule has 10 heteroatoms. The van der Waals surface area contributed by atoms with Crippen molar-refractivity contribution in [1.29, 1.82) is 0 Å². The Balaban J connectivity index is 2.08. The molecule has 0 radical (unpaired) electrons. The van der Waals surface area contributed by atoms with E-state index >= 15 is 0 Å². The van der Waals surface area contributed by atoms with Crippen LogP contribution in [-0.4, -0.2) is 63.9 Å². The molecule has 1 aromatic rings. The highest BCUT2D eigenvalue weighted by atomic mass is 32.2. The molecule has 1 heterocycles. The van der Waals surface area contributed by atoms with Crippen LogP contribution >= 0.6 is 0 Å². The third kappa shape index (κ3) is 5.07. The third-order valence-electron chi connectivity index (χ3n) is 4.35. The predicted octanol–water partition coefficient (Wildman–Crippen LogP) is 1.18. The quantitative estimate of drug-likeness (QED) is 0.588. The molecule has 0 aliphatic carbocycles. The summed E-state index contributed by atoms with van der Waals surface area (Å²) in [6, 6.07) is 5.34. The number of hydrogen-bond acceptors (Lipinski definition) is 6. The van der Waals surface area contributed by atoms with Gasteiger partial charge >= 0.3 is 5.97 Å². The van der Waals surface area contributed by atoms with Crippen molar-refractivity contribution in [2.45, 2.75) is 43.7 Å². The molecule has 1 aliphatic heterocycles. The Morgan fingerprint density at radius 1 is 1.26 bits per heavy atom. The fraction of sp³-hybridized carbons (Fsp3) is 0.588. The smallest absolute Gasteiger partial charge is 0.324 e. The van der Waals surface area contributed by atoms with Gasteiger partial charge in [-0.2, -0.15) is 4.31 Å². The summed E-state index contributed by atoms with van der Waals surface area (Å²) in [7, 11) is -4.18. The molecule has 1 atom stereocenters. The normalized spacial score (nSPS) is 18.7. The van der Waals surface area contributed by atoms with Gasteiger partial charge in [-0.25, -0.2) is 21.1 Å². The van der Waals surface area contributed by atoms with E-state index in [2.05, 4.69) is 0 Å². The van der Waals surface area contributed by atoms with Crippen LogP contribution in [0.25, 0.3) is 0 Å². The lowest BCUT2D eigenvalue weighted by Gasteiger charge is -2.22. The minimum absolute atomic E-state index is 0.00121. The Morgan fingerprint density at radius 2 is 1.96 bits per heavy atom. The van der Waals surface area contributed by atoms with E-state index in [1.54, 1.807) is 19.1 Å². The second-order valence-corrected chi connectivity index (χ2v) is 10.8. The van der Waals surface area contributed by atoms with Crippen LogP contribution in [0, 0.1) is 0 Å². The lowest BCUT2D eigenvalue weighted by Crippen LogP contribution is -2.42. The summed E-state index contributed by atoms with van der Waals surface area (Å²) in [5.41, 5.74) is 0.521. The Kier molecular flexibility index (Phi) is 7.01. The van der Waals surface area contributed by atoms with Crippen LogP contribution in [-0.2, 0) is 36.2 Å². The van der Waals surface area contributed by atoms with Gasteiger partial charge in [0.2, 0.25) is 20.0 Å². The largest absolute Gasteiger partial charge is 0.460 e. The number of ether oxygens (including phenoxy) is 1. The van der Waals surface area contributed by atoms with Gasteiger partial charge in [0.25, 0.3) is 0 Å². The van der Waals surface area contributed by atoms with Crippen molar-refractivity contribution < 1.29 is 26.4 Å². The van der Waals surface area contributed by atoms with Crippen LogP contribution in [0.5, 0.6) is 0 Å². The fourth-order valence-electron chi connectivity index (χ4n) is 2.94. The van der Waals surface area contributed by atoms with Gasteiger partial charge in [-0.3, -0.25) is 4.79 Å². The number of carbonyl (C=O) groups excluding carboxylic acids is 1. The van der Waals surface area contributed by atoms with Gasteiger partial charge < -0.3 is 4.74 Å². The van der Waals surface area contributed by atoms with Crippen LogP contribution < -0.4 is 0 Å². The molecule has 0 bridgehead atoms. The van der Waals surface area contributed by atoms with E-state index in [1.165, 1.54) is 30.5 Å². The van der Waals surface area contributed by atoms with E-state index in [4.69, 9.17) is 4.74 Å². The van der Waals surface area contributed by atoms with Crippen LogP contribution in [0.3, 0.4) is 0 Å². The number of hydrogen-bond donors (Lipinski definition) is 0. The zero-order valence-electron chi connectivity index (χ0n) is 15.8. The van der Waals surface area contributed by atoms with Gasteiger partial charge in [-0.05, 0) is 37.0 Å². The molecule has 0 aromatic heterocycles. The molecule has 2 rings (SSSR count). The summed E-state index contributed by atoms with van der Waals surface area (Å²) < 4.78 is 56.6. The van der Waals surface area contributed by atoms with Crippen molar-refractivity contribution in [2.75, 3.05) is 26.4 Å². The van der Waals surface area contributed by atoms with E-state index in [1.807, 2.05) is 0 Å². The minimum atomic E-state index is -3.58. The summed E-state index contributed by atoms with van der Waals surface area (Å²) >= 11 is 0. The molecule has 8 nitrogen and oxygen atoms in total. The molecule has 0 spiro atoms. The maximum absolute atomic E-state index is 12.4. The van der Waals surface area contributed by atoms with Crippen molar-refractivity contribution in [2.24, 2.45) is 0 Å². The van der Waals surface area contributed by atoms with Gasteiger partial charge in [0, 0.05) is 20.6 Å². The van der Waals surface area contributed by atoms with Gasteiger partial charge in [-0.15, -0.1) is 0 Å². The Hall–Kier alpha value is -1.49. The van der Waals surface area contributed by atoms with Crippen molar-refractivity contribution in [3.8, 4) is 0 Å². The van der Waals surface area contributed by atoms with E-state index < -0.39 is 32.1 Å². The molecule has 1 aromatic carbocycles. The maximum Gasteiger partial charge on any atom is 0.324 e. The summed E-state index contributed by atoms with van der Waals surface area (Å²) in [5.74, 6) is -0.602. The first-order valence-electron chi connectivity index (χ1n) is 8.77. The number of rotatable bonds is 8. The topological polar surface area (TPSA) is 101 Å². The molecule has 152 valence electrons. The van der Waals surface area contributed by atoms with Crippen LogP contribution in [0.4, 0.5) is 0 Å². The summed E-state index contributed by atoms with van der Waals surface area (Å²) in [6.07, 6.45) is 1.52. The zero-order chi connectivity index (χ0) is 20.2. The molecule has 0 amide bonds. The number of nitrogens with zero attached hydrogens (tertiary/aromatic N) is 2. The van der Waals surface area contributed by atoms with Crippen molar-refractivity contribution in [3.63, 3.8) is 0 Å². The maximum atomic E-state index is 12.4. The summed E-state index contributed by atoms with van der Waals surface area (Å²) in [4.78, 5) is 12.5. The summed E-state index contributed by atoms with van der Waals surface area (Å²) in [6.45, 7) is 1.97. The second kappa shape index (κ2) is 8.68. The Morgan fingerprint density at radius 3 is 2.59 bits per heavy atom. The molecule has 1 unspecified atom stereocenters. The third-order valence-corrected chi connectivity index (χ3v) is 8.24. The van der Waals surface area contributed by atoms with Gasteiger partial charge in [0.05, 0.1) is 10.6 Å². The number of sulfonamides is 2. The molecule has 1 saturated heterocycles. The highest BCUT2D eigenvalue weighted by Crippen LogP contribution is 2.23. The van der Waals surface area contributed by atoms with E-state index in [-0.39, 0.29) is 17.3 Å². The van der Waals surface area contributed by atoms with Gasteiger partial charge in [0.1, 0.15) is 12.6 Å². The van der Waals surface area contributed by atoms with Crippen LogP contribution in [0.2, 0.25) is 0 Å². The highest BCUT2D eigenvalue weighted by Gasteiger charge is 2.39. The first-order valence-corrected chi connectivity index (χ1v) is 11.8. The SMILES string of the molecule is CCCS(=O)(=O)N1CCCC1C(=O)OCc1cccc(S(=O)(=O)N(C)C)c1. The molecule has 27 heavy (non-hydrogen) atoms. The van der Waals surface area contributed by atoms with Crippen molar-refractivity contribution >= 4 is 26.0 Å². The predicted molar refractivity (Wildman–Crippen MR) is 101 cm³/mol. The lowest BCUT2D eigenvalue weighted by molar-refractivity contribution is -0.148. The van der Waals surface area contributed by atoms with Crippen molar-refractivity contribution in [1.82, 2.24) is 8.61 Å². The Labute approximate surface area is 161 Å². The first kappa shape index (κ1) is 21.8. The first-order chi connectivity index (χ1) is 12.6. The van der Waals surface area contributed by atoms with Gasteiger partial charge in [0.15, 0.2) is 0 Å². The molecule has 0 N–H and O–H groups in total. The van der Waals surface area contributed by atoms with Crippen LogP contribution in [0.1, 0.15) is 31.7 Å². The molecule has 1 aliphatic rings. The highest BCUT2D eigenvalue weighted by molar-refractivity contribution is 7.89. The van der Waals surface area contributed by atoms with Crippen molar-refractivity contribution in [3.05, 3.63) is 29.8 Å². The number of benzene rings is 1.